The van der Waals surface area contributed by atoms with E-state index in [0.29, 0.717) is 30.0 Å². The lowest BCUT2D eigenvalue weighted by Crippen LogP contribution is -2.45. The van der Waals surface area contributed by atoms with E-state index in [9.17, 15) is 31.2 Å². The highest BCUT2D eigenvalue weighted by Crippen LogP contribution is 2.34. The third-order valence-electron chi connectivity index (χ3n) is 7.33. The van der Waals surface area contributed by atoms with Crippen LogP contribution in [-0.2, 0) is 35.5 Å². The van der Waals surface area contributed by atoms with E-state index in [4.69, 9.17) is 5.73 Å². The van der Waals surface area contributed by atoms with E-state index in [2.05, 4.69) is 28.9 Å². The van der Waals surface area contributed by atoms with Gasteiger partial charge in [0.15, 0.2) is 9.34 Å². The van der Waals surface area contributed by atoms with Crippen LogP contribution in [0.25, 0.3) is 10.8 Å². The lowest BCUT2D eigenvalue weighted by Gasteiger charge is -2.25. The molecule has 2 aromatic heterocycles. The van der Waals surface area contributed by atoms with Crippen molar-refractivity contribution in [1.29, 1.82) is 0 Å². The van der Waals surface area contributed by atoms with Crippen molar-refractivity contribution in [3.63, 3.8) is 0 Å². The molecular formula is C28H35F3N6O7S2. The molecule has 0 saturated carbocycles. The summed E-state index contributed by atoms with van der Waals surface area (Å²) in [5.41, 5.74) is 5.82. The van der Waals surface area contributed by atoms with Crippen LogP contribution >= 0.6 is 11.3 Å². The van der Waals surface area contributed by atoms with Crippen LogP contribution in [0.15, 0.2) is 34.8 Å². The number of likely N-dealkylation sites (tertiary alicyclic amines) is 1. The van der Waals surface area contributed by atoms with Gasteiger partial charge in [0.1, 0.15) is 23.9 Å². The number of alkyl halides is 3. The lowest BCUT2D eigenvalue weighted by molar-refractivity contribution is -0.274. The first-order valence-electron chi connectivity index (χ1n) is 14.3. The average Bonchev–Trinajstić information content (AvgIpc) is 3.78. The fourth-order valence-electron chi connectivity index (χ4n) is 5.09. The summed E-state index contributed by atoms with van der Waals surface area (Å²) in [7, 11) is -0.771. The van der Waals surface area contributed by atoms with E-state index in [1.807, 2.05) is 4.90 Å². The van der Waals surface area contributed by atoms with Crippen molar-refractivity contribution in [2.75, 3.05) is 57.7 Å². The predicted octanol–water partition coefficient (Wildman–Crippen LogP) is 2.74. The van der Waals surface area contributed by atoms with Gasteiger partial charge in [-0.3, -0.25) is 4.79 Å². The van der Waals surface area contributed by atoms with Crippen molar-refractivity contribution in [2.45, 2.75) is 48.3 Å². The Balaban J connectivity index is 0.000000731. The molecule has 2 saturated heterocycles. The van der Waals surface area contributed by atoms with Gasteiger partial charge in [-0.15, -0.1) is 13.2 Å². The van der Waals surface area contributed by atoms with Crippen molar-refractivity contribution in [3.05, 3.63) is 36.2 Å². The molecule has 1 amide bonds. The highest BCUT2D eigenvalue weighted by molar-refractivity contribution is 7.91. The van der Waals surface area contributed by atoms with E-state index in [1.165, 1.54) is 18.5 Å². The van der Waals surface area contributed by atoms with E-state index in [-0.39, 0.29) is 40.4 Å². The Kier molecular flexibility index (Phi) is 11.8. The Bertz CT molecular complexity index is 1610. The van der Waals surface area contributed by atoms with Gasteiger partial charge in [0.2, 0.25) is 5.91 Å². The molecule has 0 unspecified atom stereocenters. The van der Waals surface area contributed by atoms with Gasteiger partial charge in [0.25, 0.3) is 10.0 Å². The van der Waals surface area contributed by atoms with E-state index < -0.39 is 40.1 Å². The quantitative estimate of drug-likeness (QED) is 0.212. The number of aldehydes is 1. The van der Waals surface area contributed by atoms with Crippen LogP contribution in [-0.4, -0.2) is 101 Å². The van der Waals surface area contributed by atoms with Crippen LogP contribution in [0.5, 0.6) is 5.75 Å². The van der Waals surface area contributed by atoms with Crippen LogP contribution in [0.4, 0.5) is 24.1 Å². The number of hydrogen-bond acceptors (Lipinski definition) is 12. The van der Waals surface area contributed by atoms with Gasteiger partial charge in [-0.1, -0.05) is 11.3 Å². The zero-order valence-electron chi connectivity index (χ0n) is 25.2. The lowest BCUT2D eigenvalue weighted by atomic mass is 10.0. The van der Waals surface area contributed by atoms with Gasteiger partial charge >= 0.3 is 6.36 Å². The van der Waals surface area contributed by atoms with Gasteiger partial charge < -0.3 is 34.5 Å². The summed E-state index contributed by atoms with van der Waals surface area (Å²) >= 11 is 1.01. The molecule has 18 heteroatoms. The topological polar surface area (TPSA) is 166 Å². The summed E-state index contributed by atoms with van der Waals surface area (Å²) in [5.74, 6) is -1.23. The number of hydrogen-bond donors (Lipinski definition) is 2. The molecule has 0 aliphatic carbocycles. The van der Waals surface area contributed by atoms with Crippen molar-refractivity contribution in [2.24, 2.45) is 0 Å². The Morgan fingerprint density at radius 1 is 1.15 bits per heavy atom. The molecule has 13 nitrogen and oxygen atoms in total. The molecule has 252 valence electrons. The van der Waals surface area contributed by atoms with Gasteiger partial charge in [-0.2, -0.15) is 4.72 Å². The molecule has 0 spiro atoms. The second kappa shape index (κ2) is 15.3. The first-order valence-corrected chi connectivity index (χ1v) is 16.6. The highest BCUT2D eigenvalue weighted by atomic mass is 32.2. The van der Waals surface area contributed by atoms with Gasteiger partial charge in [0, 0.05) is 51.9 Å². The summed E-state index contributed by atoms with van der Waals surface area (Å²) in [6, 6.07) is 1.73. The van der Waals surface area contributed by atoms with Crippen LogP contribution in [0, 0.1) is 0 Å². The number of nitrogens with two attached hydrogens (primary N) is 1. The molecule has 46 heavy (non-hydrogen) atoms. The number of nitrogens with zero attached hydrogens (tertiary/aromatic N) is 4. The van der Waals surface area contributed by atoms with Crippen molar-refractivity contribution >= 4 is 55.3 Å². The number of benzene rings is 1. The summed E-state index contributed by atoms with van der Waals surface area (Å²) in [4.78, 5) is 36.5. The summed E-state index contributed by atoms with van der Waals surface area (Å²) in [5, 5.41) is 1.29. The molecule has 2 atom stereocenters. The van der Waals surface area contributed by atoms with Crippen LogP contribution in [0.1, 0.15) is 24.8 Å². The number of anilines is 2. The molecule has 1 aromatic carbocycles. The van der Waals surface area contributed by atoms with Crippen molar-refractivity contribution < 1.29 is 45.4 Å². The third-order valence-corrected chi connectivity index (χ3v) is 10.3. The summed E-state index contributed by atoms with van der Waals surface area (Å²) in [6.07, 6.45) is -0.163. The number of aromatic nitrogens is 2. The number of methoxy groups -OCH3 is 2. The number of nitrogens with one attached hydrogen (secondary N) is 1. The minimum atomic E-state index is -5.02. The number of halogens is 3. The SMILES string of the molecule is COCCOC.Nc1nccc2cc(C[C@H](C=O)N3CC[C@H](NS(=O)(=O)c4cnc(N5CCCC5)s4)C3=O)c(OC(F)(F)F)cc12. The molecule has 2 aliphatic heterocycles. The fourth-order valence-corrected chi connectivity index (χ4v) is 7.50. The molecular weight excluding hydrogens is 653 g/mol. The zero-order chi connectivity index (χ0) is 33.5. The molecule has 0 radical (unpaired) electrons. The smallest absolute Gasteiger partial charge is 0.405 e. The first kappa shape index (κ1) is 35.3. The van der Waals surface area contributed by atoms with Crippen molar-refractivity contribution in [3.8, 4) is 5.75 Å². The van der Waals surface area contributed by atoms with Gasteiger partial charge in [-0.05, 0) is 48.4 Å². The standard InChI is InChI=1S/C24H25F3N6O5S2.C4H10O2/c25-24(26,27)38-19-11-17-14(3-5-29-21(17)28)9-15(19)10-16(13-34)33-8-4-18(22(33)35)31-40(36,37)20-12-30-23(39-20)32-6-1-2-7-32;1-5-3-4-6-2/h3,5,9,11-13,16,18,31H,1-2,4,6-8,10H2,(H2,28,29);3-4H2,1-2H3/t16-,18+;/m1./s1. The highest BCUT2D eigenvalue weighted by Gasteiger charge is 2.40. The first-order chi connectivity index (χ1) is 21.9. The molecule has 0 bridgehead atoms. The van der Waals surface area contributed by atoms with Crippen LogP contribution in [0.3, 0.4) is 0 Å². The Labute approximate surface area is 267 Å². The molecule has 2 aliphatic rings. The molecule has 3 N–H and O–H groups in total. The van der Waals surface area contributed by atoms with Crippen LogP contribution < -0.4 is 20.1 Å². The van der Waals surface area contributed by atoms with Crippen LogP contribution in [0.2, 0.25) is 0 Å². The normalized spacial score (nSPS) is 17.7. The largest absolute Gasteiger partial charge is 0.573 e. The van der Waals surface area contributed by atoms with E-state index in [0.717, 1.165) is 48.2 Å². The minimum absolute atomic E-state index is 0.00125. The average molecular weight is 689 g/mol. The number of pyridine rings is 1. The Morgan fingerprint density at radius 3 is 2.48 bits per heavy atom. The number of ether oxygens (including phenoxy) is 3. The number of thiazole rings is 1. The monoisotopic (exact) mass is 688 g/mol. The number of carbonyl (C=O) groups excluding carboxylic acids is 2. The number of rotatable bonds is 12. The van der Waals surface area contributed by atoms with E-state index >= 15 is 0 Å². The molecule has 2 fully saturated rings. The van der Waals surface area contributed by atoms with E-state index in [1.54, 1.807) is 20.3 Å². The van der Waals surface area contributed by atoms with Gasteiger partial charge in [0.05, 0.1) is 25.5 Å². The van der Waals surface area contributed by atoms with Crippen molar-refractivity contribution in [1.82, 2.24) is 19.6 Å². The summed E-state index contributed by atoms with van der Waals surface area (Å²) in [6.45, 7) is 2.99. The molecule has 3 aromatic rings. The predicted molar refractivity (Wildman–Crippen MR) is 164 cm³/mol. The molecule has 5 rings (SSSR count). The number of sulfonamides is 1. The second-order valence-electron chi connectivity index (χ2n) is 10.5. The number of carbonyl (C=O) groups is 2. The minimum Gasteiger partial charge on any atom is -0.405 e. The summed E-state index contributed by atoms with van der Waals surface area (Å²) < 4.78 is 81.4. The maximum atomic E-state index is 13.2. The number of amides is 1. The Morgan fingerprint density at radius 2 is 1.85 bits per heavy atom. The maximum absolute atomic E-state index is 13.2. The zero-order valence-corrected chi connectivity index (χ0v) is 26.8. The second-order valence-corrected chi connectivity index (χ2v) is 13.4. The number of nitrogen functional groups attached to an aromatic ring is 1. The molecule has 4 heterocycles. The fraction of sp³-hybridized carbons (Fsp3) is 0.500. The Hall–Kier alpha value is -3.58. The number of fused-ring (bicyclic) bond motifs is 1. The maximum Gasteiger partial charge on any atom is 0.573 e. The third kappa shape index (κ3) is 8.81. The van der Waals surface area contributed by atoms with Gasteiger partial charge in [-0.25, -0.2) is 18.4 Å².